The minimum atomic E-state index is -0.293. The minimum Gasteiger partial charge on any atom is -0.493 e. The van der Waals surface area contributed by atoms with Crippen LogP contribution in [0.3, 0.4) is 0 Å². The molecule has 0 radical (unpaired) electrons. The van der Waals surface area contributed by atoms with Gasteiger partial charge in [-0.25, -0.2) is 4.98 Å². The minimum absolute atomic E-state index is 0.195. The van der Waals surface area contributed by atoms with E-state index in [0.29, 0.717) is 47.8 Å². The van der Waals surface area contributed by atoms with Crippen LogP contribution < -0.4 is 25.4 Å². The molecule has 9 nitrogen and oxygen atoms in total. The smallest absolute Gasteiger partial charge is 0.262 e. The molecule has 1 atom stereocenters. The number of para-hydroxylation sites is 1. The topological polar surface area (TPSA) is 112 Å². The van der Waals surface area contributed by atoms with Crippen LogP contribution in [0, 0.1) is 6.92 Å². The number of ether oxygens (including phenoxy) is 3. The van der Waals surface area contributed by atoms with Crippen LogP contribution in [0.15, 0.2) is 48.5 Å². The highest BCUT2D eigenvalue weighted by Gasteiger charge is 2.28. The van der Waals surface area contributed by atoms with Gasteiger partial charge in [-0.15, -0.1) is 0 Å². The molecule has 0 aliphatic carbocycles. The van der Waals surface area contributed by atoms with Crippen LogP contribution in [0.5, 0.6) is 11.5 Å². The third-order valence-electron chi connectivity index (χ3n) is 5.55. The second-order valence-electron chi connectivity index (χ2n) is 8.09. The molecule has 1 fully saturated rings. The number of nitrogens with one attached hydrogen (secondary N) is 1. The molecule has 1 unspecified atom stereocenters. The van der Waals surface area contributed by atoms with Gasteiger partial charge in [-0.3, -0.25) is 4.79 Å². The zero-order valence-corrected chi connectivity index (χ0v) is 20.4. The van der Waals surface area contributed by atoms with Crippen molar-refractivity contribution in [3.63, 3.8) is 0 Å². The molecule has 1 aliphatic rings. The fourth-order valence-electron chi connectivity index (χ4n) is 3.97. The largest absolute Gasteiger partial charge is 0.493 e. The third kappa shape index (κ3) is 6.12. The summed E-state index contributed by atoms with van der Waals surface area (Å²) in [4.78, 5) is 23.1. The predicted molar refractivity (Wildman–Crippen MR) is 135 cm³/mol. The number of carbonyl (C=O) groups is 1. The van der Waals surface area contributed by atoms with E-state index in [4.69, 9.17) is 31.5 Å². The molecule has 4 rings (SSSR count). The number of rotatable bonds is 7. The van der Waals surface area contributed by atoms with E-state index >= 15 is 0 Å². The predicted octanol–water partition coefficient (Wildman–Crippen LogP) is 4.01. The van der Waals surface area contributed by atoms with Gasteiger partial charge < -0.3 is 30.2 Å². The Morgan fingerprint density at radius 1 is 1.23 bits per heavy atom. The highest BCUT2D eigenvalue weighted by Crippen LogP contribution is 2.39. The van der Waals surface area contributed by atoms with E-state index in [1.165, 1.54) is 0 Å². The molecule has 10 heteroatoms. The van der Waals surface area contributed by atoms with E-state index in [2.05, 4.69) is 20.2 Å². The Labute approximate surface area is 209 Å². The zero-order valence-electron chi connectivity index (χ0n) is 19.7. The summed E-state index contributed by atoms with van der Waals surface area (Å²) in [6.07, 6.45) is 0.825. The second kappa shape index (κ2) is 11.2. The van der Waals surface area contributed by atoms with E-state index in [1.54, 1.807) is 25.3 Å². The fourth-order valence-corrected chi connectivity index (χ4v) is 4.25. The van der Waals surface area contributed by atoms with Crippen LogP contribution in [0.1, 0.15) is 23.7 Å². The molecule has 1 saturated heterocycles. The summed E-state index contributed by atoms with van der Waals surface area (Å²) in [7, 11) is 1.54. The lowest BCUT2D eigenvalue weighted by atomic mass is 10.0. The van der Waals surface area contributed by atoms with Crippen LogP contribution in [-0.2, 0) is 9.53 Å². The quantitative estimate of drug-likeness (QED) is 0.503. The van der Waals surface area contributed by atoms with Crippen LogP contribution in [-0.4, -0.2) is 49.4 Å². The maximum absolute atomic E-state index is 12.3. The zero-order chi connectivity index (χ0) is 24.8. The summed E-state index contributed by atoms with van der Waals surface area (Å²) in [5.41, 5.74) is 8.17. The monoisotopic (exact) mass is 497 g/mol. The number of anilines is 3. The molecular formula is C25H28ClN5O4. The molecule has 0 bridgehead atoms. The molecule has 35 heavy (non-hydrogen) atoms. The Balaban J connectivity index is 1.57. The van der Waals surface area contributed by atoms with Crippen LogP contribution in [0.2, 0.25) is 5.02 Å². The third-order valence-corrected chi connectivity index (χ3v) is 5.88. The van der Waals surface area contributed by atoms with E-state index < -0.39 is 0 Å². The van der Waals surface area contributed by atoms with Crippen molar-refractivity contribution in [3.05, 3.63) is 64.8 Å². The highest BCUT2D eigenvalue weighted by atomic mass is 35.5. The van der Waals surface area contributed by atoms with Crippen molar-refractivity contribution in [2.24, 2.45) is 0 Å². The number of methoxy groups -OCH3 is 1. The average Bonchev–Trinajstić information content (AvgIpc) is 3.09. The first kappa shape index (κ1) is 24.6. The summed E-state index contributed by atoms with van der Waals surface area (Å²) < 4.78 is 17.2. The second-order valence-corrected chi connectivity index (χ2v) is 8.50. The SMILES string of the molecule is COc1cc(C2COCCCN2c2cc(C)nc(N)n2)c(Cl)cc1OCC(=O)Nc1ccccc1. The summed E-state index contributed by atoms with van der Waals surface area (Å²) in [6, 6.07) is 14.3. The van der Waals surface area contributed by atoms with Gasteiger partial charge in [0.15, 0.2) is 18.1 Å². The molecule has 2 heterocycles. The number of nitrogens with two attached hydrogens (primary N) is 1. The molecule has 1 aliphatic heterocycles. The summed E-state index contributed by atoms with van der Waals surface area (Å²) in [5.74, 6) is 1.45. The van der Waals surface area contributed by atoms with Gasteiger partial charge >= 0.3 is 0 Å². The lowest BCUT2D eigenvalue weighted by Gasteiger charge is -2.32. The Hall–Kier alpha value is -3.56. The molecule has 0 saturated carbocycles. The fraction of sp³-hybridized carbons (Fsp3) is 0.320. The molecule has 0 spiro atoms. The number of aryl methyl sites for hydroxylation is 1. The summed E-state index contributed by atoms with van der Waals surface area (Å²) >= 11 is 6.73. The average molecular weight is 498 g/mol. The van der Waals surface area contributed by atoms with Crippen molar-refractivity contribution >= 4 is 35.0 Å². The van der Waals surface area contributed by atoms with E-state index in [9.17, 15) is 4.79 Å². The molecule has 3 N–H and O–H groups in total. The standard InChI is InChI=1S/C25H28ClN5O4/c1-16-11-23(30-25(27)28-16)31-9-6-10-34-14-20(31)18-12-21(33-2)22(13-19(18)26)35-15-24(32)29-17-7-4-3-5-8-17/h3-5,7-8,11-13,20H,6,9-10,14-15H2,1-2H3,(H,29,32)(H2,27,28,30). The first-order valence-electron chi connectivity index (χ1n) is 11.2. The van der Waals surface area contributed by atoms with Crippen molar-refractivity contribution in [3.8, 4) is 11.5 Å². The number of aromatic nitrogens is 2. The highest BCUT2D eigenvalue weighted by molar-refractivity contribution is 6.31. The molecule has 1 amide bonds. The molecular weight excluding hydrogens is 470 g/mol. The van der Waals surface area contributed by atoms with E-state index in [1.807, 2.05) is 37.3 Å². The van der Waals surface area contributed by atoms with Gasteiger partial charge in [0.1, 0.15) is 5.82 Å². The van der Waals surface area contributed by atoms with Crippen molar-refractivity contribution < 1.29 is 19.0 Å². The number of amides is 1. The van der Waals surface area contributed by atoms with Gasteiger partial charge in [0.05, 0.1) is 19.8 Å². The van der Waals surface area contributed by atoms with Crippen molar-refractivity contribution in [1.82, 2.24) is 9.97 Å². The molecule has 2 aromatic carbocycles. The first-order valence-corrected chi connectivity index (χ1v) is 11.6. The van der Waals surface area contributed by atoms with Crippen molar-refractivity contribution in [2.45, 2.75) is 19.4 Å². The number of hydrogen-bond donors (Lipinski definition) is 2. The molecule has 1 aromatic heterocycles. The lowest BCUT2D eigenvalue weighted by Crippen LogP contribution is -2.32. The van der Waals surface area contributed by atoms with Crippen LogP contribution in [0.25, 0.3) is 0 Å². The summed E-state index contributed by atoms with van der Waals surface area (Å²) in [5, 5.41) is 3.25. The Bertz CT molecular complexity index is 1160. The number of nitrogens with zero attached hydrogens (tertiary/aromatic N) is 3. The van der Waals surface area contributed by atoms with Gasteiger partial charge in [-0.1, -0.05) is 29.8 Å². The van der Waals surface area contributed by atoms with E-state index in [0.717, 1.165) is 17.7 Å². The Kier molecular flexibility index (Phi) is 7.89. The maximum atomic E-state index is 12.3. The number of nitrogen functional groups attached to an aromatic ring is 1. The van der Waals surface area contributed by atoms with Gasteiger partial charge in [0.25, 0.3) is 5.91 Å². The molecule has 184 valence electrons. The molecule has 3 aromatic rings. The van der Waals surface area contributed by atoms with Gasteiger partial charge in [-0.05, 0) is 37.1 Å². The lowest BCUT2D eigenvalue weighted by molar-refractivity contribution is -0.118. The van der Waals surface area contributed by atoms with Gasteiger partial charge in [0.2, 0.25) is 5.95 Å². The maximum Gasteiger partial charge on any atom is 0.262 e. The first-order chi connectivity index (χ1) is 16.9. The van der Waals surface area contributed by atoms with Gasteiger partial charge in [0, 0.05) is 41.7 Å². The van der Waals surface area contributed by atoms with Crippen molar-refractivity contribution in [2.75, 3.05) is 49.4 Å². The Morgan fingerprint density at radius 2 is 2.03 bits per heavy atom. The normalized spacial score (nSPS) is 15.9. The Morgan fingerprint density at radius 3 is 2.77 bits per heavy atom. The van der Waals surface area contributed by atoms with Gasteiger partial charge in [-0.2, -0.15) is 4.98 Å². The number of hydrogen-bond acceptors (Lipinski definition) is 8. The van der Waals surface area contributed by atoms with Crippen LogP contribution in [0.4, 0.5) is 17.5 Å². The van der Waals surface area contributed by atoms with Crippen LogP contribution >= 0.6 is 11.6 Å². The number of carbonyl (C=O) groups excluding carboxylic acids is 1. The van der Waals surface area contributed by atoms with E-state index in [-0.39, 0.29) is 24.5 Å². The number of benzene rings is 2. The number of halogens is 1. The van der Waals surface area contributed by atoms with Crippen molar-refractivity contribution in [1.29, 1.82) is 0 Å². The summed E-state index contributed by atoms with van der Waals surface area (Å²) in [6.45, 7) is 3.42.